The molecule has 0 aliphatic heterocycles. The average molecular weight is 286 g/mol. The Balaban J connectivity index is 1.94. The summed E-state index contributed by atoms with van der Waals surface area (Å²) in [4.78, 5) is 4.25. The minimum Gasteiger partial charge on any atom is -0.508 e. The third-order valence-electron chi connectivity index (χ3n) is 3.12. The first-order valence-electron chi connectivity index (χ1n) is 6.37. The second kappa shape index (κ2) is 5.36. The van der Waals surface area contributed by atoms with Crippen LogP contribution in [0.2, 0.25) is 0 Å². The van der Waals surface area contributed by atoms with Crippen molar-refractivity contribution in [2.75, 3.05) is 0 Å². The highest BCUT2D eigenvalue weighted by Gasteiger charge is 2.08. The summed E-state index contributed by atoms with van der Waals surface area (Å²) in [5, 5.41) is 9.31. The van der Waals surface area contributed by atoms with Crippen molar-refractivity contribution in [2.45, 2.75) is 6.54 Å². The Morgan fingerprint density at radius 1 is 1.00 bits per heavy atom. The molecule has 0 bridgehead atoms. The molecule has 0 atom stereocenters. The minimum absolute atomic E-state index is 0.170. The fourth-order valence-electron chi connectivity index (χ4n) is 2.21. The van der Waals surface area contributed by atoms with Crippen molar-refractivity contribution in [3.63, 3.8) is 0 Å². The Labute approximate surface area is 120 Å². The highest BCUT2D eigenvalue weighted by Crippen LogP contribution is 2.21. The standard InChI is InChI=1S/C16H12F2N2O/c17-13-7-11(8-14(18)9-13)10-20-6-5-19-16(20)12-1-3-15(21)4-2-12/h1-9,21H,10H2. The maximum absolute atomic E-state index is 13.2. The number of hydrogen-bond acceptors (Lipinski definition) is 2. The zero-order valence-corrected chi connectivity index (χ0v) is 11.0. The molecule has 1 heterocycles. The summed E-state index contributed by atoms with van der Waals surface area (Å²) < 4.78 is 28.3. The fraction of sp³-hybridized carbons (Fsp3) is 0.0625. The maximum Gasteiger partial charge on any atom is 0.140 e. The van der Waals surface area contributed by atoms with E-state index in [0.29, 0.717) is 17.9 Å². The first kappa shape index (κ1) is 13.3. The highest BCUT2D eigenvalue weighted by molar-refractivity contribution is 5.56. The lowest BCUT2D eigenvalue weighted by Crippen LogP contribution is -2.02. The predicted octanol–water partition coefficient (Wildman–Crippen LogP) is 3.58. The number of aromatic nitrogens is 2. The zero-order chi connectivity index (χ0) is 14.8. The number of nitrogens with zero attached hydrogens (tertiary/aromatic N) is 2. The van der Waals surface area contributed by atoms with Gasteiger partial charge in [-0.3, -0.25) is 0 Å². The van der Waals surface area contributed by atoms with Gasteiger partial charge in [-0.1, -0.05) is 0 Å². The van der Waals surface area contributed by atoms with Crippen LogP contribution in [0.3, 0.4) is 0 Å². The van der Waals surface area contributed by atoms with Crippen LogP contribution in [0.5, 0.6) is 5.75 Å². The van der Waals surface area contributed by atoms with E-state index in [9.17, 15) is 13.9 Å². The summed E-state index contributed by atoms with van der Waals surface area (Å²) in [5.41, 5.74) is 1.33. The highest BCUT2D eigenvalue weighted by atomic mass is 19.1. The molecule has 0 aliphatic carbocycles. The molecule has 0 saturated carbocycles. The van der Waals surface area contributed by atoms with Crippen molar-refractivity contribution in [2.24, 2.45) is 0 Å². The third kappa shape index (κ3) is 2.91. The topological polar surface area (TPSA) is 38.1 Å². The Morgan fingerprint density at radius 2 is 1.67 bits per heavy atom. The summed E-state index contributed by atoms with van der Waals surface area (Å²) in [6, 6.07) is 10.0. The van der Waals surface area contributed by atoms with Crippen molar-refractivity contribution < 1.29 is 13.9 Å². The van der Waals surface area contributed by atoms with Gasteiger partial charge in [0.2, 0.25) is 0 Å². The molecule has 3 rings (SSSR count). The first-order valence-corrected chi connectivity index (χ1v) is 6.37. The van der Waals surface area contributed by atoms with Crippen LogP contribution < -0.4 is 0 Å². The van der Waals surface area contributed by atoms with Gasteiger partial charge in [0.1, 0.15) is 23.2 Å². The monoisotopic (exact) mass is 286 g/mol. The van der Waals surface area contributed by atoms with E-state index < -0.39 is 11.6 Å². The molecule has 0 radical (unpaired) electrons. The Kier molecular flexibility index (Phi) is 3.39. The quantitative estimate of drug-likeness (QED) is 0.799. The second-order valence-electron chi connectivity index (χ2n) is 4.70. The van der Waals surface area contributed by atoms with Crippen LogP contribution in [-0.2, 0) is 6.54 Å². The molecule has 2 aromatic carbocycles. The molecule has 0 aliphatic rings. The molecule has 106 valence electrons. The van der Waals surface area contributed by atoms with Gasteiger partial charge in [-0.15, -0.1) is 0 Å². The molecule has 0 amide bonds. The molecule has 3 nitrogen and oxygen atoms in total. The van der Waals surface area contributed by atoms with E-state index in [1.54, 1.807) is 41.2 Å². The van der Waals surface area contributed by atoms with Gasteiger partial charge in [-0.25, -0.2) is 13.8 Å². The summed E-state index contributed by atoms with van der Waals surface area (Å²) in [6.07, 6.45) is 3.36. The van der Waals surface area contributed by atoms with Crippen LogP contribution in [0.1, 0.15) is 5.56 Å². The van der Waals surface area contributed by atoms with Gasteiger partial charge in [0.25, 0.3) is 0 Å². The number of aromatic hydroxyl groups is 1. The molecule has 0 spiro atoms. The largest absolute Gasteiger partial charge is 0.508 e. The van der Waals surface area contributed by atoms with Crippen LogP contribution in [0.4, 0.5) is 8.78 Å². The summed E-state index contributed by atoms with van der Waals surface area (Å²) >= 11 is 0. The van der Waals surface area contributed by atoms with Crippen molar-refractivity contribution in [1.82, 2.24) is 9.55 Å². The van der Waals surface area contributed by atoms with Crippen molar-refractivity contribution in [3.05, 3.63) is 72.1 Å². The van der Waals surface area contributed by atoms with E-state index >= 15 is 0 Å². The number of hydrogen-bond donors (Lipinski definition) is 1. The molecule has 3 aromatic rings. The number of rotatable bonds is 3. The summed E-state index contributed by atoms with van der Waals surface area (Å²) in [5.74, 6) is -0.365. The summed E-state index contributed by atoms with van der Waals surface area (Å²) in [6.45, 7) is 0.310. The van der Waals surface area contributed by atoms with E-state index in [1.165, 1.54) is 12.1 Å². The van der Waals surface area contributed by atoms with E-state index in [1.807, 2.05) is 0 Å². The van der Waals surface area contributed by atoms with E-state index in [-0.39, 0.29) is 5.75 Å². The van der Waals surface area contributed by atoms with Crippen LogP contribution in [0.15, 0.2) is 54.9 Å². The van der Waals surface area contributed by atoms with Crippen LogP contribution in [0, 0.1) is 11.6 Å². The first-order chi connectivity index (χ1) is 10.1. The van der Waals surface area contributed by atoms with Gasteiger partial charge < -0.3 is 9.67 Å². The molecule has 21 heavy (non-hydrogen) atoms. The second-order valence-corrected chi connectivity index (χ2v) is 4.70. The minimum atomic E-state index is -0.601. The zero-order valence-electron chi connectivity index (χ0n) is 11.0. The summed E-state index contributed by atoms with van der Waals surface area (Å²) in [7, 11) is 0. The lowest BCUT2D eigenvalue weighted by molar-refractivity contribution is 0.475. The van der Waals surface area contributed by atoms with E-state index in [2.05, 4.69) is 4.98 Å². The van der Waals surface area contributed by atoms with Gasteiger partial charge in [0, 0.05) is 30.6 Å². The van der Waals surface area contributed by atoms with E-state index in [0.717, 1.165) is 11.6 Å². The molecule has 0 fully saturated rings. The van der Waals surface area contributed by atoms with Crippen LogP contribution in [-0.4, -0.2) is 14.7 Å². The Hall–Kier alpha value is -2.69. The molecule has 0 unspecified atom stereocenters. The normalized spacial score (nSPS) is 10.8. The predicted molar refractivity (Wildman–Crippen MR) is 74.8 cm³/mol. The third-order valence-corrected chi connectivity index (χ3v) is 3.12. The molecular formula is C16H12F2N2O. The fourth-order valence-corrected chi connectivity index (χ4v) is 2.21. The Bertz CT molecular complexity index is 746. The van der Waals surface area contributed by atoms with Crippen LogP contribution >= 0.6 is 0 Å². The van der Waals surface area contributed by atoms with Gasteiger partial charge in [0.05, 0.1) is 0 Å². The molecule has 1 aromatic heterocycles. The molecule has 1 N–H and O–H groups in total. The number of imidazole rings is 1. The Morgan fingerprint density at radius 3 is 2.33 bits per heavy atom. The molecular weight excluding hydrogens is 274 g/mol. The molecule has 0 saturated heterocycles. The van der Waals surface area contributed by atoms with Crippen molar-refractivity contribution >= 4 is 0 Å². The smallest absolute Gasteiger partial charge is 0.140 e. The van der Waals surface area contributed by atoms with E-state index in [4.69, 9.17) is 0 Å². The number of phenols is 1. The van der Waals surface area contributed by atoms with Gasteiger partial charge in [-0.2, -0.15) is 0 Å². The van der Waals surface area contributed by atoms with Crippen LogP contribution in [0.25, 0.3) is 11.4 Å². The lowest BCUT2D eigenvalue weighted by Gasteiger charge is -2.08. The number of halogens is 2. The number of phenolic OH excluding ortho intramolecular Hbond substituents is 1. The van der Waals surface area contributed by atoms with Crippen molar-refractivity contribution in [3.8, 4) is 17.1 Å². The van der Waals surface area contributed by atoms with Gasteiger partial charge in [0.15, 0.2) is 0 Å². The SMILES string of the molecule is Oc1ccc(-c2nccn2Cc2cc(F)cc(F)c2)cc1. The van der Waals surface area contributed by atoms with Crippen molar-refractivity contribution in [1.29, 1.82) is 0 Å². The maximum atomic E-state index is 13.2. The average Bonchev–Trinajstić information content (AvgIpc) is 2.86. The van der Waals surface area contributed by atoms with Gasteiger partial charge in [-0.05, 0) is 42.0 Å². The van der Waals surface area contributed by atoms with Gasteiger partial charge >= 0.3 is 0 Å². The number of benzene rings is 2. The lowest BCUT2D eigenvalue weighted by atomic mass is 10.2. The molecule has 5 heteroatoms.